The number of phosphoric ester groups is 1. The molecule has 0 atom stereocenters. The maximum atomic E-state index is 11.2. The van der Waals surface area contributed by atoms with Gasteiger partial charge in [-0.05, 0) is 65.6 Å². The van der Waals surface area contributed by atoms with Gasteiger partial charge in [0.25, 0.3) is 0 Å². The highest BCUT2D eigenvalue weighted by molar-refractivity contribution is 7.46. The first-order chi connectivity index (χ1) is 15.4. The van der Waals surface area contributed by atoms with Gasteiger partial charge in [0.05, 0.1) is 0 Å². The second kappa shape index (κ2) is 11.1. The van der Waals surface area contributed by atoms with Gasteiger partial charge in [-0.15, -0.1) is 0 Å². The predicted molar refractivity (Wildman–Crippen MR) is 128 cm³/mol. The first-order valence-corrected chi connectivity index (χ1v) is 12.0. The Morgan fingerprint density at radius 3 is 1.91 bits per heavy atom. The summed E-state index contributed by atoms with van der Waals surface area (Å²) in [6.07, 6.45) is 0.806. The van der Waals surface area contributed by atoms with Crippen molar-refractivity contribution in [2.75, 3.05) is 20.2 Å². The van der Waals surface area contributed by atoms with Gasteiger partial charge in [-0.3, -0.25) is 9.79 Å². The Labute approximate surface area is 188 Å². The van der Waals surface area contributed by atoms with Crippen molar-refractivity contribution in [3.8, 4) is 11.5 Å². The third kappa shape index (κ3) is 6.55. The summed E-state index contributed by atoms with van der Waals surface area (Å²) in [5, 5.41) is 3.06. The third-order valence-electron chi connectivity index (χ3n) is 4.91. The largest absolute Gasteiger partial charge is 0.524 e. The highest BCUT2D eigenvalue weighted by Gasteiger charge is 2.17. The Kier molecular flexibility index (Phi) is 8.26. The van der Waals surface area contributed by atoms with Crippen LogP contribution in [0.4, 0.5) is 0 Å². The molecule has 3 aromatic rings. The van der Waals surface area contributed by atoms with Gasteiger partial charge in [-0.2, -0.15) is 0 Å². The van der Waals surface area contributed by atoms with Crippen molar-refractivity contribution < 1.29 is 23.6 Å². The van der Waals surface area contributed by atoms with E-state index in [0.29, 0.717) is 6.61 Å². The van der Waals surface area contributed by atoms with Crippen molar-refractivity contribution in [2.45, 2.75) is 13.3 Å². The number of nitrogens with one attached hydrogen (secondary N) is 1. The molecule has 168 valence electrons. The van der Waals surface area contributed by atoms with Crippen molar-refractivity contribution in [3.63, 3.8) is 0 Å². The van der Waals surface area contributed by atoms with E-state index < -0.39 is 7.82 Å². The lowest BCUT2D eigenvalue weighted by atomic mass is 9.88. The van der Waals surface area contributed by atoms with E-state index in [2.05, 4.69) is 24.4 Å². The molecule has 0 aromatic heterocycles. The molecule has 0 heterocycles. The molecule has 3 rings (SSSR count). The number of allylic oxidation sites excluding steroid dienone is 1. The van der Waals surface area contributed by atoms with Crippen molar-refractivity contribution in [1.82, 2.24) is 5.32 Å². The molecular weight excluding hydrogens is 425 g/mol. The Bertz CT molecular complexity index is 1070. The average Bonchev–Trinajstić information content (AvgIpc) is 2.78. The molecule has 0 aliphatic heterocycles. The Balaban J connectivity index is 2.04. The van der Waals surface area contributed by atoms with E-state index in [0.717, 1.165) is 46.6 Å². The molecule has 3 aromatic carbocycles. The summed E-state index contributed by atoms with van der Waals surface area (Å²) in [6.45, 7) is 3.47. The lowest BCUT2D eigenvalue weighted by molar-refractivity contribution is 0.283. The molecule has 0 amide bonds. The van der Waals surface area contributed by atoms with Gasteiger partial charge in [-0.1, -0.05) is 61.5 Å². The monoisotopic (exact) mass is 453 g/mol. The molecule has 32 heavy (non-hydrogen) atoms. The summed E-state index contributed by atoms with van der Waals surface area (Å²) in [5.41, 5.74) is 5.28. The number of hydrogen-bond acceptors (Lipinski definition) is 4. The van der Waals surface area contributed by atoms with E-state index in [-0.39, 0.29) is 5.75 Å². The van der Waals surface area contributed by atoms with Crippen LogP contribution in [0.25, 0.3) is 11.1 Å². The van der Waals surface area contributed by atoms with Gasteiger partial charge in [0.15, 0.2) is 0 Å². The summed E-state index contributed by atoms with van der Waals surface area (Å²) in [4.78, 5) is 18.1. The normalized spacial score (nSPS) is 12.2. The van der Waals surface area contributed by atoms with Gasteiger partial charge < -0.3 is 14.6 Å². The predicted octanol–water partition coefficient (Wildman–Crippen LogP) is 5.13. The molecule has 0 unspecified atom stereocenters. The van der Waals surface area contributed by atoms with Crippen molar-refractivity contribution >= 4 is 19.0 Å². The maximum absolute atomic E-state index is 11.2. The molecule has 0 bridgehead atoms. The quantitative estimate of drug-likeness (QED) is 0.224. The lowest BCUT2D eigenvalue weighted by Gasteiger charge is -2.17. The molecule has 0 aliphatic carbocycles. The molecule has 3 N–H and O–H groups in total. The van der Waals surface area contributed by atoms with E-state index in [4.69, 9.17) is 19.0 Å². The Hall–Kier alpha value is -2.89. The zero-order valence-corrected chi connectivity index (χ0v) is 19.1. The fraction of sp³-hybridized carbons (Fsp3) is 0.200. The van der Waals surface area contributed by atoms with Crippen molar-refractivity contribution in [1.29, 1.82) is 0 Å². The minimum absolute atomic E-state index is 0.118. The first kappa shape index (κ1) is 23.8. The SMILES string of the molecule is CC/C(=C(/c1ccc(OCCNC)cc1)c1ccc(OP(=O)(O)O)cc1)c1ccccc1. The molecule has 0 aliphatic rings. The van der Waals surface area contributed by atoms with E-state index >= 15 is 0 Å². The zero-order valence-electron chi connectivity index (χ0n) is 18.2. The molecule has 0 saturated carbocycles. The number of likely N-dealkylation sites (N-methyl/N-ethyl adjacent to an activating group) is 1. The van der Waals surface area contributed by atoms with E-state index in [1.54, 1.807) is 12.1 Å². The fourth-order valence-corrected chi connectivity index (χ4v) is 3.88. The summed E-state index contributed by atoms with van der Waals surface area (Å²) in [7, 11) is -2.72. The highest BCUT2D eigenvalue weighted by Crippen LogP contribution is 2.39. The number of phosphoric acid groups is 1. The van der Waals surface area contributed by atoms with Gasteiger partial charge in [-0.25, -0.2) is 4.57 Å². The summed E-state index contributed by atoms with van der Waals surface area (Å²) in [6, 6.07) is 24.9. The van der Waals surface area contributed by atoms with Crippen LogP contribution in [-0.2, 0) is 4.57 Å². The van der Waals surface area contributed by atoms with Gasteiger partial charge in [0.2, 0.25) is 0 Å². The van der Waals surface area contributed by atoms with E-state index in [1.165, 1.54) is 0 Å². The fourth-order valence-electron chi connectivity index (χ4n) is 3.49. The minimum Gasteiger partial charge on any atom is -0.492 e. The number of rotatable bonds is 10. The van der Waals surface area contributed by atoms with Crippen LogP contribution in [-0.4, -0.2) is 30.0 Å². The van der Waals surface area contributed by atoms with Crippen LogP contribution in [0.5, 0.6) is 11.5 Å². The van der Waals surface area contributed by atoms with Crippen molar-refractivity contribution in [3.05, 3.63) is 95.6 Å². The third-order valence-corrected chi connectivity index (χ3v) is 5.36. The molecule has 0 fully saturated rings. The van der Waals surface area contributed by atoms with Crippen LogP contribution in [0.2, 0.25) is 0 Å². The number of benzene rings is 3. The zero-order chi connectivity index (χ0) is 23.0. The standard InChI is InChI=1S/C25H28NO5P/c1-3-24(19-7-5-4-6-8-19)25(20-9-13-22(14-10-20)30-18-17-26-2)21-11-15-23(16-12-21)31-32(27,28)29/h4-16,26H,3,17-18H2,1-2H3,(H2,27,28,29)/b25-24+. The molecule has 0 spiro atoms. The van der Waals surface area contributed by atoms with Crippen LogP contribution < -0.4 is 14.6 Å². The average molecular weight is 453 g/mol. The number of ether oxygens (including phenoxy) is 1. The Morgan fingerprint density at radius 2 is 1.41 bits per heavy atom. The molecule has 7 heteroatoms. The van der Waals surface area contributed by atoms with Crippen LogP contribution >= 0.6 is 7.82 Å². The topological polar surface area (TPSA) is 88.0 Å². The van der Waals surface area contributed by atoms with Gasteiger partial charge in [0, 0.05) is 6.54 Å². The smallest absolute Gasteiger partial charge is 0.492 e. The molecule has 6 nitrogen and oxygen atoms in total. The van der Waals surface area contributed by atoms with Crippen LogP contribution in [0.15, 0.2) is 78.9 Å². The summed E-state index contributed by atoms with van der Waals surface area (Å²) < 4.78 is 21.6. The first-order valence-electron chi connectivity index (χ1n) is 10.4. The minimum atomic E-state index is -4.60. The second-order valence-corrected chi connectivity index (χ2v) is 8.32. The number of hydrogen-bond donors (Lipinski definition) is 3. The highest BCUT2D eigenvalue weighted by atomic mass is 31.2. The summed E-state index contributed by atoms with van der Waals surface area (Å²) >= 11 is 0. The van der Waals surface area contributed by atoms with Gasteiger partial charge >= 0.3 is 7.82 Å². The molecular formula is C25H28NO5P. The van der Waals surface area contributed by atoms with Crippen LogP contribution in [0.1, 0.15) is 30.0 Å². The van der Waals surface area contributed by atoms with Crippen LogP contribution in [0, 0.1) is 0 Å². The second-order valence-electron chi connectivity index (χ2n) is 7.16. The molecule has 0 radical (unpaired) electrons. The summed E-state index contributed by atoms with van der Waals surface area (Å²) in [5.74, 6) is 0.916. The Morgan fingerprint density at radius 1 is 0.844 bits per heavy atom. The lowest BCUT2D eigenvalue weighted by Crippen LogP contribution is -2.15. The van der Waals surface area contributed by atoms with Crippen LogP contribution in [0.3, 0.4) is 0 Å². The van der Waals surface area contributed by atoms with Crippen molar-refractivity contribution in [2.24, 2.45) is 0 Å². The van der Waals surface area contributed by atoms with E-state index in [9.17, 15) is 4.57 Å². The van der Waals surface area contributed by atoms with E-state index in [1.807, 2.05) is 61.6 Å². The molecule has 0 saturated heterocycles. The van der Waals surface area contributed by atoms with Gasteiger partial charge in [0.1, 0.15) is 18.1 Å². The maximum Gasteiger partial charge on any atom is 0.524 e.